The molecule has 0 aromatic carbocycles. The molecule has 2 spiro atoms. The Morgan fingerprint density at radius 2 is 1.68 bits per heavy atom. The monoisotopic (exact) mass is 482 g/mol. The Balaban J connectivity index is 1.74. The zero-order valence-corrected chi connectivity index (χ0v) is 19.1. The molecule has 0 aromatic heterocycles. The minimum absolute atomic E-state index is 0.719. The van der Waals surface area contributed by atoms with Gasteiger partial charge in [0.05, 0.1) is 16.7 Å². The summed E-state index contributed by atoms with van der Waals surface area (Å²) in [6.45, 7) is 7.80. The molecule has 4 heterocycles. The summed E-state index contributed by atoms with van der Waals surface area (Å²) in [5, 5.41) is 35.3. The molecule has 4 aliphatic heterocycles. The molecule has 0 radical (unpaired) electrons. The first-order chi connectivity index (χ1) is 15.7. The van der Waals surface area contributed by atoms with Gasteiger partial charge in [-0.05, 0) is 12.3 Å². The van der Waals surface area contributed by atoms with E-state index in [-0.39, 0.29) is 0 Å². The van der Waals surface area contributed by atoms with Gasteiger partial charge in [0.25, 0.3) is 0 Å². The normalized spacial score (nSPS) is 56.4. The average Bonchev–Trinajstić information content (AvgIpc) is 3.41. The molecular formula is C22H26O12. The topological polar surface area (TPSA) is 175 Å². The molecule has 0 amide bonds. The van der Waals surface area contributed by atoms with Gasteiger partial charge < -0.3 is 39.0 Å². The molecule has 6 fully saturated rings. The number of ether oxygens (including phenoxy) is 5. The van der Waals surface area contributed by atoms with Gasteiger partial charge >= 0.3 is 23.9 Å². The van der Waals surface area contributed by atoms with Crippen molar-refractivity contribution in [1.82, 2.24) is 0 Å². The van der Waals surface area contributed by atoms with Gasteiger partial charge in [-0.15, -0.1) is 0 Å². The van der Waals surface area contributed by atoms with Gasteiger partial charge in [0.15, 0.2) is 23.9 Å². The molecular weight excluding hydrogens is 456 g/mol. The molecule has 4 saturated heterocycles. The molecule has 12 nitrogen and oxygen atoms in total. The van der Waals surface area contributed by atoms with E-state index in [1.54, 1.807) is 20.8 Å². The van der Waals surface area contributed by atoms with Crippen molar-refractivity contribution in [2.75, 3.05) is 0 Å². The summed E-state index contributed by atoms with van der Waals surface area (Å²) in [5.41, 5.74) is -9.61. The first-order valence-corrected chi connectivity index (χ1v) is 11.2. The standard InChI is InChI=1S/C22H26O12/c1-6-14(26)31-13-10(24)20-12-8(30-7(2)23)9(18(3,4)5)19(20)11(25)15(27)33-17(19)34-22(20,16(28)32-12)21(6,13)29/h6,8-13,17,24-25,29H,1-5H3/t6-,8-,9?,10-,11+,12-,13+,17+,19?,20?,21-,22-/m1/s1. The number of hydrogen-bond acceptors (Lipinski definition) is 12. The van der Waals surface area contributed by atoms with Gasteiger partial charge in [-0.25, -0.2) is 9.59 Å². The molecule has 0 aromatic rings. The fraction of sp³-hybridized carbons (Fsp3) is 0.818. The Morgan fingerprint density at radius 1 is 1.03 bits per heavy atom. The predicted molar refractivity (Wildman–Crippen MR) is 103 cm³/mol. The number of esters is 4. The summed E-state index contributed by atoms with van der Waals surface area (Å²) < 4.78 is 28.2. The third kappa shape index (κ3) is 1.71. The summed E-state index contributed by atoms with van der Waals surface area (Å²) in [6, 6.07) is 0. The lowest BCUT2D eigenvalue weighted by molar-refractivity contribution is -0.240. The van der Waals surface area contributed by atoms with Gasteiger partial charge in [0.1, 0.15) is 12.2 Å². The number of carbonyl (C=O) groups excluding carboxylic acids is 4. The zero-order valence-electron chi connectivity index (χ0n) is 19.1. The van der Waals surface area contributed by atoms with E-state index in [2.05, 4.69) is 0 Å². The molecule has 6 aliphatic rings. The van der Waals surface area contributed by atoms with Crippen LogP contribution in [-0.2, 0) is 42.9 Å². The van der Waals surface area contributed by atoms with Gasteiger partial charge in [0.2, 0.25) is 11.9 Å². The van der Waals surface area contributed by atoms with Gasteiger partial charge in [0, 0.05) is 12.8 Å². The number of fused-ring (bicyclic) bond motifs is 1. The number of aliphatic hydroxyl groups excluding tert-OH is 2. The molecule has 6 rings (SSSR count). The lowest BCUT2D eigenvalue weighted by atomic mass is 9.51. The molecule has 12 atom stereocenters. The van der Waals surface area contributed by atoms with Crippen LogP contribution in [0.1, 0.15) is 34.6 Å². The van der Waals surface area contributed by atoms with Crippen LogP contribution >= 0.6 is 0 Å². The van der Waals surface area contributed by atoms with E-state index in [0.29, 0.717) is 0 Å². The lowest BCUT2D eigenvalue weighted by Crippen LogP contribution is -2.67. The molecule has 186 valence electrons. The van der Waals surface area contributed by atoms with Crippen LogP contribution in [0.5, 0.6) is 0 Å². The zero-order chi connectivity index (χ0) is 25.0. The van der Waals surface area contributed by atoms with Crippen molar-refractivity contribution < 1.29 is 58.2 Å². The molecule has 34 heavy (non-hydrogen) atoms. The highest BCUT2D eigenvalue weighted by Crippen LogP contribution is 2.84. The van der Waals surface area contributed by atoms with Crippen molar-refractivity contribution in [3.05, 3.63) is 0 Å². The van der Waals surface area contributed by atoms with Crippen LogP contribution in [0.15, 0.2) is 0 Å². The minimum Gasteiger partial charge on any atom is -0.458 e. The third-order valence-corrected chi connectivity index (χ3v) is 9.23. The van der Waals surface area contributed by atoms with Crippen LogP contribution in [0, 0.1) is 28.1 Å². The van der Waals surface area contributed by atoms with E-state index in [4.69, 9.17) is 23.7 Å². The van der Waals surface area contributed by atoms with Crippen molar-refractivity contribution in [2.24, 2.45) is 28.1 Å². The molecule has 3 unspecified atom stereocenters. The number of rotatable bonds is 1. The Labute approximate surface area is 193 Å². The Hall–Kier alpha value is -2.28. The van der Waals surface area contributed by atoms with Crippen LogP contribution < -0.4 is 0 Å². The van der Waals surface area contributed by atoms with Crippen molar-refractivity contribution in [3.8, 4) is 0 Å². The highest BCUT2D eigenvalue weighted by Gasteiger charge is 3.05. The summed E-state index contributed by atoms with van der Waals surface area (Å²) in [5.74, 6) is -6.02. The first kappa shape index (κ1) is 22.2. The highest BCUT2D eigenvalue weighted by molar-refractivity contribution is 5.94. The van der Waals surface area contributed by atoms with Crippen molar-refractivity contribution in [1.29, 1.82) is 0 Å². The second-order valence-corrected chi connectivity index (χ2v) is 11.4. The largest absolute Gasteiger partial charge is 0.458 e. The van der Waals surface area contributed by atoms with Crippen LogP contribution in [0.4, 0.5) is 0 Å². The molecule has 2 saturated carbocycles. The van der Waals surface area contributed by atoms with Crippen LogP contribution in [-0.4, -0.2) is 87.2 Å². The minimum atomic E-state index is -2.44. The van der Waals surface area contributed by atoms with Crippen molar-refractivity contribution in [3.63, 3.8) is 0 Å². The van der Waals surface area contributed by atoms with E-state index < -0.39 is 100.0 Å². The summed E-state index contributed by atoms with van der Waals surface area (Å²) >= 11 is 0. The van der Waals surface area contributed by atoms with Crippen LogP contribution in [0.2, 0.25) is 0 Å². The number of carbonyl (C=O) groups is 4. The Morgan fingerprint density at radius 3 is 2.26 bits per heavy atom. The van der Waals surface area contributed by atoms with E-state index >= 15 is 0 Å². The van der Waals surface area contributed by atoms with Gasteiger partial charge in [-0.1, -0.05) is 20.8 Å². The predicted octanol–water partition coefficient (Wildman–Crippen LogP) is -1.83. The van der Waals surface area contributed by atoms with Gasteiger partial charge in [-0.2, -0.15) is 0 Å². The van der Waals surface area contributed by atoms with Crippen LogP contribution in [0.25, 0.3) is 0 Å². The first-order valence-electron chi connectivity index (χ1n) is 11.2. The Bertz CT molecular complexity index is 1060. The molecule has 3 N–H and O–H groups in total. The molecule has 0 bridgehead atoms. The number of aliphatic hydroxyl groups is 3. The van der Waals surface area contributed by atoms with E-state index in [1.165, 1.54) is 6.92 Å². The van der Waals surface area contributed by atoms with E-state index in [0.717, 1.165) is 6.92 Å². The summed E-state index contributed by atoms with van der Waals surface area (Å²) in [4.78, 5) is 51.1. The maximum atomic E-state index is 13.6. The van der Waals surface area contributed by atoms with Crippen molar-refractivity contribution in [2.45, 2.75) is 82.6 Å². The average molecular weight is 482 g/mol. The maximum absolute atomic E-state index is 13.6. The second kappa shape index (κ2) is 5.75. The fourth-order valence-electron chi connectivity index (χ4n) is 8.54. The summed E-state index contributed by atoms with van der Waals surface area (Å²) in [7, 11) is 0. The van der Waals surface area contributed by atoms with Gasteiger partial charge in [-0.3, -0.25) is 9.59 Å². The smallest absolute Gasteiger partial charge is 0.343 e. The summed E-state index contributed by atoms with van der Waals surface area (Å²) in [6.07, 6.45) is -9.65. The van der Waals surface area contributed by atoms with E-state index in [9.17, 15) is 34.5 Å². The molecule has 12 heteroatoms. The third-order valence-electron chi connectivity index (χ3n) is 9.23. The quantitative estimate of drug-likeness (QED) is 0.282. The molecule has 2 aliphatic carbocycles. The fourth-order valence-corrected chi connectivity index (χ4v) is 8.54. The second-order valence-electron chi connectivity index (χ2n) is 11.4. The highest BCUT2D eigenvalue weighted by atomic mass is 16.8. The maximum Gasteiger partial charge on any atom is 0.343 e. The SMILES string of the molecule is CC(=O)O[C@@H]1C(C(C)(C)C)C23[C@@H](OC(=O)[C@@H]2O)O[C@]24C(=O)O[C@H]1C32[C@H](O)[C@@H]1OC(=O)[C@@H](C)[C@@]14O. The lowest BCUT2D eigenvalue weighted by Gasteiger charge is -2.47. The van der Waals surface area contributed by atoms with Crippen molar-refractivity contribution >= 4 is 23.9 Å². The van der Waals surface area contributed by atoms with Crippen LogP contribution in [0.3, 0.4) is 0 Å². The Kier molecular flexibility index (Phi) is 3.75. The van der Waals surface area contributed by atoms with E-state index in [1.807, 2.05) is 0 Å². The number of hydrogen-bond donors (Lipinski definition) is 3.